The van der Waals surface area contributed by atoms with E-state index in [1.165, 1.54) is 25.8 Å². The van der Waals surface area contributed by atoms with Gasteiger partial charge in [0.2, 0.25) is 0 Å². The monoisotopic (exact) mass is 565 g/mol. The highest BCUT2D eigenvalue weighted by Gasteiger charge is 2.46. The van der Waals surface area contributed by atoms with Crippen LogP contribution in [0.5, 0.6) is 0 Å². The summed E-state index contributed by atoms with van der Waals surface area (Å²) in [6, 6.07) is 0. The summed E-state index contributed by atoms with van der Waals surface area (Å²) in [5.74, 6) is 0.998. The van der Waals surface area contributed by atoms with Crippen LogP contribution in [0, 0.1) is 16.7 Å². The van der Waals surface area contributed by atoms with Crippen LogP contribution in [0.3, 0.4) is 0 Å². The zero-order chi connectivity index (χ0) is 29.4. The summed E-state index contributed by atoms with van der Waals surface area (Å²) in [6.45, 7) is 15.6. The number of hydrogen-bond donors (Lipinski definition) is 4. The molecule has 2 aliphatic rings. The van der Waals surface area contributed by atoms with Crippen molar-refractivity contribution in [3.05, 3.63) is 59.6 Å². The topological polar surface area (TPSA) is 87.9 Å². The van der Waals surface area contributed by atoms with Gasteiger partial charge in [-0.2, -0.15) is 18.3 Å². The lowest BCUT2D eigenvalue weighted by Crippen LogP contribution is -2.44. The number of halogens is 3. The lowest BCUT2D eigenvalue weighted by Gasteiger charge is -2.35. The minimum atomic E-state index is -4.32. The summed E-state index contributed by atoms with van der Waals surface area (Å²) in [6.07, 6.45) is 7.06. The zero-order valence-corrected chi connectivity index (χ0v) is 24.8. The number of alkyl halides is 3. The maximum absolute atomic E-state index is 13.5. The Labute approximate surface area is 235 Å². The van der Waals surface area contributed by atoms with Crippen LogP contribution in [0.1, 0.15) is 60.8 Å². The van der Waals surface area contributed by atoms with E-state index in [1.54, 1.807) is 38.6 Å². The molecule has 0 radical (unpaired) electrons. The van der Waals surface area contributed by atoms with Gasteiger partial charge in [0.15, 0.2) is 5.84 Å². The van der Waals surface area contributed by atoms with E-state index in [4.69, 9.17) is 5.41 Å². The van der Waals surface area contributed by atoms with Gasteiger partial charge >= 0.3 is 6.18 Å². The van der Waals surface area contributed by atoms with Crippen molar-refractivity contribution in [3.63, 3.8) is 0 Å². The molecule has 0 spiro atoms. The molecule has 0 aliphatic carbocycles. The Bertz CT molecular complexity index is 1090. The fourth-order valence-corrected chi connectivity index (χ4v) is 4.97. The van der Waals surface area contributed by atoms with Crippen molar-refractivity contribution in [3.8, 4) is 0 Å². The van der Waals surface area contributed by atoms with Gasteiger partial charge in [-0.25, -0.2) is 0 Å². The molecule has 0 aromatic heterocycles. The van der Waals surface area contributed by atoms with Crippen molar-refractivity contribution < 1.29 is 13.2 Å². The van der Waals surface area contributed by atoms with Gasteiger partial charge < -0.3 is 25.7 Å². The fraction of sp³-hybridized carbons (Fsp3) is 0.536. The largest absolute Gasteiger partial charge is 0.393 e. The van der Waals surface area contributed by atoms with Crippen LogP contribution >= 0.6 is 11.9 Å². The molecular formula is C28H42F3N7S. The number of hydrogen-bond acceptors (Lipinski definition) is 8. The zero-order valence-electron chi connectivity index (χ0n) is 24.0. The maximum atomic E-state index is 13.5. The lowest BCUT2D eigenvalue weighted by atomic mass is 9.86. The second kappa shape index (κ2) is 13.4. The van der Waals surface area contributed by atoms with Crippen LogP contribution in [0.2, 0.25) is 0 Å². The van der Waals surface area contributed by atoms with E-state index in [-0.39, 0.29) is 18.4 Å². The third-order valence-corrected chi connectivity index (χ3v) is 7.69. The molecule has 0 saturated carbocycles. The van der Waals surface area contributed by atoms with Crippen LogP contribution in [-0.4, -0.2) is 47.5 Å². The number of rotatable bonds is 9. The maximum Gasteiger partial charge on any atom is 0.393 e. The standard InChI is InChI=1S/C28H42F3N7S/c1-19-16-27(6,7)38(18-19)25-23(21(3)37-39-24(17-33-8)20(2)32)10-9-14-34-15-12-22(35-36-25)11-13-26(4,5)28(29,30)31/h9-10,12,14-15,17,19,32-34,37H,3,11,13,16,18H2,1-2,4-8H3/b14-9+,15-12-,23-10-,24-17+,32-20?,35-22-,36-25+. The third kappa shape index (κ3) is 9.05. The summed E-state index contributed by atoms with van der Waals surface area (Å²) in [5.41, 5.74) is -0.00361. The third-order valence-electron chi connectivity index (χ3n) is 6.70. The Morgan fingerprint density at radius 1 is 1.31 bits per heavy atom. The Balaban J connectivity index is 2.54. The normalized spacial score (nSPS) is 26.0. The SMILES string of the molecule is C=C(NS/C(=C/NC)C(C)=N)C1=C/C=C/N/C=C\C(CCC(C)(C)C(F)(F)F)=N/N=C\1N1CC(C)CC1(C)C. The molecule has 4 N–H and O–H groups in total. The van der Waals surface area contributed by atoms with E-state index in [2.05, 4.69) is 57.8 Å². The predicted octanol–water partition coefficient (Wildman–Crippen LogP) is 6.64. The van der Waals surface area contributed by atoms with Gasteiger partial charge in [-0.15, -0.1) is 5.10 Å². The summed E-state index contributed by atoms with van der Waals surface area (Å²) >= 11 is 1.26. The molecule has 0 bridgehead atoms. The molecule has 2 heterocycles. The molecule has 1 unspecified atom stereocenters. The van der Waals surface area contributed by atoms with Crippen molar-refractivity contribution in [1.82, 2.24) is 20.3 Å². The average molecular weight is 566 g/mol. The number of nitrogens with zero attached hydrogens (tertiary/aromatic N) is 3. The van der Waals surface area contributed by atoms with Crippen molar-refractivity contribution in [2.24, 2.45) is 21.5 Å². The molecule has 1 fully saturated rings. The first kappa shape index (κ1) is 32.3. The van der Waals surface area contributed by atoms with E-state index < -0.39 is 11.6 Å². The molecule has 1 saturated heterocycles. The second-order valence-corrected chi connectivity index (χ2v) is 12.0. The highest BCUT2D eigenvalue weighted by molar-refractivity contribution is 8.02. The van der Waals surface area contributed by atoms with Crippen LogP contribution in [0.4, 0.5) is 13.2 Å². The van der Waals surface area contributed by atoms with E-state index in [9.17, 15) is 13.2 Å². The van der Waals surface area contributed by atoms with E-state index in [1.807, 2.05) is 12.2 Å². The molecule has 1 atom stereocenters. The highest BCUT2D eigenvalue weighted by atomic mass is 32.2. The Morgan fingerprint density at radius 3 is 2.56 bits per heavy atom. The number of amidine groups is 1. The van der Waals surface area contributed by atoms with Crippen LogP contribution < -0.4 is 15.4 Å². The van der Waals surface area contributed by atoms with Crippen molar-refractivity contribution in [1.29, 1.82) is 5.41 Å². The highest BCUT2D eigenvalue weighted by Crippen LogP contribution is 2.41. The van der Waals surface area contributed by atoms with Gasteiger partial charge in [0.1, 0.15) is 0 Å². The summed E-state index contributed by atoms with van der Waals surface area (Å²) in [4.78, 5) is 2.88. The fourth-order valence-electron chi connectivity index (χ4n) is 4.30. The second-order valence-electron chi connectivity index (χ2n) is 11.2. The van der Waals surface area contributed by atoms with Crippen LogP contribution in [0.25, 0.3) is 0 Å². The number of allylic oxidation sites excluding steroid dienone is 4. The summed E-state index contributed by atoms with van der Waals surface area (Å²) < 4.78 is 43.7. The average Bonchev–Trinajstić information content (AvgIpc) is 3.07. The lowest BCUT2D eigenvalue weighted by molar-refractivity contribution is -0.213. The molecule has 2 aliphatic heterocycles. The van der Waals surface area contributed by atoms with Gasteiger partial charge in [-0.1, -0.05) is 27.4 Å². The molecule has 0 aromatic carbocycles. The molecule has 2 rings (SSSR count). The Hall–Kier alpha value is -2.95. The minimum absolute atomic E-state index is 0.107. The van der Waals surface area contributed by atoms with E-state index in [0.29, 0.717) is 39.4 Å². The molecule has 0 aromatic rings. The molecule has 216 valence electrons. The number of nitrogens with one attached hydrogen (secondary N) is 4. The van der Waals surface area contributed by atoms with Crippen molar-refractivity contribution in [2.75, 3.05) is 13.6 Å². The van der Waals surface area contributed by atoms with E-state index in [0.717, 1.165) is 13.0 Å². The van der Waals surface area contributed by atoms with Gasteiger partial charge in [0.05, 0.1) is 16.0 Å². The first-order chi connectivity index (χ1) is 18.1. The summed E-state index contributed by atoms with van der Waals surface area (Å²) in [5, 5.41) is 23.1. The van der Waals surface area contributed by atoms with E-state index >= 15 is 0 Å². The predicted molar refractivity (Wildman–Crippen MR) is 158 cm³/mol. The van der Waals surface area contributed by atoms with Gasteiger partial charge in [0, 0.05) is 54.7 Å². The Morgan fingerprint density at radius 2 is 2.00 bits per heavy atom. The quantitative estimate of drug-likeness (QED) is 0.186. The summed E-state index contributed by atoms with van der Waals surface area (Å²) in [7, 11) is 1.77. The molecule has 11 heteroatoms. The van der Waals surface area contributed by atoms with Crippen LogP contribution in [0.15, 0.2) is 69.8 Å². The van der Waals surface area contributed by atoms with Crippen molar-refractivity contribution in [2.45, 2.75) is 72.5 Å². The smallest absolute Gasteiger partial charge is 0.393 e. The van der Waals surface area contributed by atoms with Crippen LogP contribution in [-0.2, 0) is 0 Å². The van der Waals surface area contributed by atoms with Gasteiger partial charge in [-0.05, 0) is 76.1 Å². The van der Waals surface area contributed by atoms with Gasteiger partial charge in [0.25, 0.3) is 0 Å². The minimum Gasteiger partial charge on any atom is -0.393 e. The molecule has 0 amide bonds. The molecule has 7 nitrogen and oxygen atoms in total. The first-order valence-corrected chi connectivity index (χ1v) is 13.7. The van der Waals surface area contributed by atoms with Crippen molar-refractivity contribution >= 4 is 29.2 Å². The Kier molecular flexibility index (Phi) is 11.1. The molecular weight excluding hydrogens is 523 g/mol. The molecule has 39 heavy (non-hydrogen) atoms. The van der Waals surface area contributed by atoms with Gasteiger partial charge in [-0.3, -0.25) is 0 Å². The number of likely N-dealkylation sites (tertiary alicyclic amines) is 1. The first-order valence-electron chi connectivity index (χ1n) is 12.9.